The summed E-state index contributed by atoms with van der Waals surface area (Å²) in [6.45, 7) is 2.51. The first-order chi connectivity index (χ1) is 25.9. The number of thioether (sulfide) groups is 1. The first kappa shape index (κ1) is 41.7. The number of aromatic nitrogens is 4. The molecule has 0 aliphatic carbocycles. The van der Waals surface area contributed by atoms with Crippen LogP contribution in [0.25, 0.3) is 0 Å². The quantitative estimate of drug-likeness (QED) is 0.0234. The molecule has 0 unspecified atom stereocenters. The van der Waals surface area contributed by atoms with Gasteiger partial charge in [-0.3, -0.25) is 29.4 Å². The molecule has 0 aromatic carbocycles. The molecule has 2 aliphatic heterocycles. The summed E-state index contributed by atoms with van der Waals surface area (Å²) in [6.07, 6.45) is 1.38. The lowest BCUT2D eigenvalue weighted by molar-refractivity contribution is -0.765. The average molecular weight is 811 g/mol. The Morgan fingerprint density at radius 1 is 1.11 bits per heavy atom. The van der Waals surface area contributed by atoms with E-state index in [0.717, 1.165) is 28.2 Å². The molecule has 0 saturated carbocycles. The van der Waals surface area contributed by atoms with Gasteiger partial charge < -0.3 is 59.3 Å². The zero-order valence-corrected chi connectivity index (χ0v) is 31.2. The largest absolute Gasteiger partial charge is 0.478 e. The summed E-state index contributed by atoms with van der Waals surface area (Å²) in [4.78, 5) is 98.9. The molecule has 25 nitrogen and oxygen atoms in total. The van der Waals surface area contributed by atoms with Crippen LogP contribution in [0.15, 0.2) is 22.6 Å². The number of hydrogen-bond acceptors (Lipinski definition) is 17. The number of aliphatic carboxylic acids is 2. The molecule has 1 fully saturated rings. The number of nitrogen functional groups attached to an aromatic ring is 2. The van der Waals surface area contributed by atoms with E-state index in [-0.39, 0.29) is 72.2 Å². The Morgan fingerprint density at radius 3 is 2.29 bits per heavy atom. The zero-order valence-electron chi connectivity index (χ0n) is 29.5. The van der Waals surface area contributed by atoms with E-state index in [1.165, 1.54) is 36.5 Å². The van der Waals surface area contributed by atoms with Crippen LogP contribution in [-0.4, -0.2) is 131 Å². The molecule has 2 aromatic heterocycles. The smallest absolute Gasteiger partial charge is 0.352 e. The van der Waals surface area contributed by atoms with E-state index in [4.69, 9.17) is 27.8 Å². The van der Waals surface area contributed by atoms with Crippen molar-refractivity contribution in [2.45, 2.75) is 43.5 Å². The minimum absolute atomic E-state index is 0.0121. The van der Waals surface area contributed by atoms with Crippen LogP contribution in [0.2, 0.25) is 0 Å². The number of amides is 6. The fourth-order valence-corrected chi connectivity index (χ4v) is 6.69. The molecule has 27 heteroatoms. The highest BCUT2D eigenvalue weighted by atomic mass is 32.2. The third-order valence-corrected chi connectivity index (χ3v) is 9.74. The number of oxime groups is 1. The van der Waals surface area contributed by atoms with Gasteiger partial charge in [0.2, 0.25) is 23.3 Å². The van der Waals surface area contributed by atoms with E-state index >= 15 is 0 Å². The number of β-lactam (4-membered cyclic amide) rings is 1. The van der Waals surface area contributed by atoms with Gasteiger partial charge in [0.15, 0.2) is 29.2 Å². The molecule has 2 atom stereocenters. The van der Waals surface area contributed by atoms with Gasteiger partial charge in [0.1, 0.15) is 17.1 Å². The van der Waals surface area contributed by atoms with Gasteiger partial charge in [-0.1, -0.05) is 5.16 Å². The van der Waals surface area contributed by atoms with Crippen molar-refractivity contribution in [3.63, 3.8) is 0 Å². The summed E-state index contributed by atoms with van der Waals surface area (Å²) in [5.41, 5.74) is 20.2. The first-order valence-corrected chi connectivity index (χ1v) is 17.9. The number of fused-ring (bicyclic) bond motifs is 1. The summed E-state index contributed by atoms with van der Waals surface area (Å²) in [6, 6.07) is -3.85. The maximum absolute atomic E-state index is 13.4. The van der Waals surface area contributed by atoms with Crippen LogP contribution in [0.3, 0.4) is 0 Å². The predicted molar refractivity (Wildman–Crippen MR) is 193 cm³/mol. The number of hydrogen-bond donors (Lipinski definition) is 11. The maximum Gasteiger partial charge on any atom is 0.352 e. The van der Waals surface area contributed by atoms with Crippen LogP contribution in [0.5, 0.6) is 0 Å². The molecule has 6 amide bonds. The number of nitrogens with one attached hydrogen (secondary N) is 5. The van der Waals surface area contributed by atoms with Crippen molar-refractivity contribution >= 4 is 87.2 Å². The number of nitrogens with zero attached hydrogens (tertiary/aromatic N) is 6. The molecule has 298 valence electrons. The molecule has 2 aliphatic rings. The van der Waals surface area contributed by atoms with Gasteiger partial charge in [0.25, 0.3) is 23.6 Å². The predicted octanol–water partition coefficient (Wildman–Crippen LogP) is -5.01. The highest BCUT2D eigenvalue weighted by Gasteiger charge is 2.55. The molecule has 1 saturated heterocycles. The number of urea groups is 1. The lowest BCUT2D eigenvalue weighted by atomic mass is 10.0. The molecule has 15 N–H and O–H groups in total. The van der Waals surface area contributed by atoms with E-state index in [1.54, 1.807) is 0 Å². The summed E-state index contributed by atoms with van der Waals surface area (Å²) >= 11 is 1.87. The number of carboxylic acids is 2. The van der Waals surface area contributed by atoms with Gasteiger partial charge in [-0.15, -0.1) is 21.1 Å². The number of rotatable bonds is 17. The first-order valence-electron chi connectivity index (χ1n) is 16.1. The number of nitrogens with two attached hydrogens (primary N) is 4. The van der Waals surface area contributed by atoms with Crippen molar-refractivity contribution in [3.8, 4) is 0 Å². The minimum Gasteiger partial charge on any atom is -0.478 e. The topological polar surface area (TPSA) is 384 Å². The Bertz CT molecular complexity index is 1920. The molecule has 0 bridgehead atoms. The molecule has 0 spiro atoms. The molecule has 55 heavy (non-hydrogen) atoms. The summed E-state index contributed by atoms with van der Waals surface area (Å²) in [5.74, 6) is -6.45. The normalized spacial score (nSPS) is 16.9. The van der Waals surface area contributed by atoms with Gasteiger partial charge in [0, 0.05) is 49.0 Å². The van der Waals surface area contributed by atoms with Crippen molar-refractivity contribution in [1.29, 1.82) is 0 Å². The molecular formula is C28H40N15O10S2+. The molecule has 0 radical (unpaired) electrons. The van der Waals surface area contributed by atoms with E-state index in [9.17, 15) is 43.8 Å². The highest BCUT2D eigenvalue weighted by molar-refractivity contribution is 8.00. The van der Waals surface area contributed by atoms with Gasteiger partial charge in [-0.25, -0.2) is 14.4 Å². The van der Waals surface area contributed by atoms with E-state index in [1.807, 2.05) is 0 Å². The Labute approximate surface area is 319 Å². The second-order valence-corrected chi connectivity index (χ2v) is 14.0. The number of anilines is 3. The third kappa shape index (κ3) is 9.37. The summed E-state index contributed by atoms with van der Waals surface area (Å²) < 4.78 is 6.77. The van der Waals surface area contributed by atoms with Gasteiger partial charge in [-0.2, -0.15) is 9.36 Å². The van der Waals surface area contributed by atoms with Crippen LogP contribution in [0, 0.1) is 0 Å². The minimum atomic E-state index is -1.86. The van der Waals surface area contributed by atoms with E-state index in [2.05, 4.69) is 41.1 Å². The van der Waals surface area contributed by atoms with Gasteiger partial charge in [-0.05, 0) is 13.8 Å². The lowest BCUT2D eigenvalue weighted by Gasteiger charge is -2.49. The molecule has 4 heterocycles. The van der Waals surface area contributed by atoms with Gasteiger partial charge >= 0.3 is 18.0 Å². The van der Waals surface area contributed by atoms with E-state index < -0.39 is 70.4 Å². The number of carbonyl (C=O) groups excluding carboxylic acids is 5. The Hall–Kier alpha value is -6.06. The second-order valence-electron chi connectivity index (χ2n) is 12.2. The van der Waals surface area contributed by atoms with Crippen molar-refractivity contribution < 1.29 is 53.3 Å². The fraction of sp³-hybridized carbons (Fsp3) is 0.464. The number of carboxylic acid groups (broad SMARTS) is 2. The molecule has 4 rings (SSSR count). The monoisotopic (exact) mass is 810 g/mol. The van der Waals surface area contributed by atoms with Crippen LogP contribution < -0.4 is 54.2 Å². The Morgan fingerprint density at radius 2 is 1.75 bits per heavy atom. The Balaban J connectivity index is 1.51. The second kappa shape index (κ2) is 17.4. The van der Waals surface area contributed by atoms with E-state index in [0.29, 0.717) is 0 Å². The van der Waals surface area contributed by atoms with Crippen LogP contribution in [0.1, 0.15) is 19.7 Å². The van der Waals surface area contributed by atoms with Crippen LogP contribution in [-0.2, 0) is 47.2 Å². The van der Waals surface area contributed by atoms with Gasteiger partial charge in [0.05, 0.1) is 7.05 Å². The standard InChI is InChI=1S/C28H39N15O10S2/c1-28(2,25(50)51)53-39-13(18-38-26(32)55-40-18)21(46)36-15-22(47)43-16(24(48)49)11(10-54-23(15)43)8-42-9-12(17(31)41(42)3)35-27(52)37-14(19(44)33-6-4-29)20(45)34-7-5-30/h9,14-15,23,31H,4-8,10,29-30H2,1-3H3,(H9,32,33,34,35,36,37,38,40,44,45,46,48,49,50,51,52)/p+1/b39-13-/t15-,23-/m1/s1. The van der Waals surface area contributed by atoms with Crippen LogP contribution >= 0.6 is 23.3 Å². The SMILES string of the molecule is Cn1c(N)c(NC(=O)NC(C(=O)NCCN)C(=O)NCCN)c[n+]1CC1=C(C(=O)O)N2C(=O)[C@@H](NC(=O)/C(=N\OC(C)(C)C(=O)O)c3nsc(N)n3)[C@H]2SC1. The lowest BCUT2D eigenvalue weighted by Crippen LogP contribution is -2.71. The molecule has 2 aromatic rings. The van der Waals surface area contributed by atoms with Crippen molar-refractivity contribution in [1.82, 2.24) is 40.2 Å². The highest BCUT2D eigenvalue weighted by Crippen LogP contribution is 2.40. The zero-order chi connectivity index (χ0) is 40.8. The third-order valence-electron chi connectivity index (χ3n) is 7.86. The fourth-order valence-electron chi connectivity index (χ4n) is 4.92. The van der Waals surface area contributed by atoms with Crippen molar-refractivity contribution in [2.24, 2.45) is 23.7 Å². The average Bonchev–Trinajstić information content (AvgIpc) is 3.67. The van der Waals surface area contributed by atoms with Crippen molar-refractivity contribution in [3.05, 3.63) is 23.3 Å². The van der Waals surface area contributed by atoms with Crippen LogP contribution in [0.4, 0.5) is 21.4 Å². The molecular weight excluding hydrogens is 771 g/mol. The maximum atomic E-state index is 13.4. The number of carbonyl (C=O) groups is 7. The summed E-state index contributed by atoms with van der Waals surface area (Å²) in [5, 5.41) is 34.4. The van der Waals surface area contributed by atoms with Crippen molar-refractivity contribution in [2.75, 3.05) is 48.7 Å². The Kier molecular flexibility index (Phi) is 13.2. The summed E-state index contributed by atoms with van der Waals surface area (Å²) in [7, 11) is 1.52.